The molecule has 3 nitrogen and oxygen atoms in total. The Hall–Kier alpha value is -6.53. The van der Waals surface area contributed by atoms with Crippen molar-refractivity contribution >= 4 is 71.4 Å². The molecule has 0 bridgehead atoms. The third kappa shape index (κ3) is 5.12. The molecule has 260 valence electrons. The van der Waals surface area contributed by atoms with Crippen molar-refractivity contribution in [3.63, 3.8) is 0 Å². The van der Waals surface area contributed by atoms with Crippen molar-refractivity contribution in [3.8, 4) is 33.7 Å². The first-order valence-electron chi connectivity index (χ1n) is 18.7. The van der Waals surface area contributed by atoms with Crippen molar-refractivity contribution < 1.29 is 4.74 Å². The number of hydrogen-bond acceptors (Lipinski definition) is 3. The van der Waals surface area contributed by atoms with Gasteiger partial charge in [-0.15, -0.1) is 11.3 Å². The van der Waals surface area contributed by atoms with Crippen LogP contribution in [-0.2, 0) is 6.61 Å². The summed E-state index contributed by atoms with van der Waals surface area (Å²) in [5, 5.41) is 8.02. The topological polar surface area (TPSA) is 27.1 Å². The Morgan fingerprint density at radius 2 is 1.05 bits per heavy atom. The van der Waals surface area contributed by atoms with Crippen LogP contribution in [-0.4, -0.2) is 17.6 Å². The van der Waals surface area contributed by atoms with Gasteiger partial charge in [-0.05, 0) is 85.5 Å². The summed E-state index contributed by atoms with van der Waals surface area (Å²) in [7, 11) is -2.85. The predicted octanol–water partition coefficient (Wildman–Crippen LogP) is 10.00. The SMILES string of the molecule is c1ccc([Si](c2ccccc2)(c2cccc(-c3ccc4c(c3)OCc3nc5ccccc5n3-4)c2)c2cccc(-c3ccc4sc5ccccc5c4c3)c2)cc1. The lowest BCUT2D eigenvalue weighted by molar-refractivity contribution is 0.281. The number of benzene rings is 8. The van der Waals surface area contributed by atoms with Crippen LogP contribution in [0, 0.1) is 0 Å². The number of fused-ring (bicyclic) bond motifs is 8. The van der Waals surface area contributed by atoms with E-state index in [1.165, 1.54) is 57.6 Å². The number of thiophene rings is 1. The van der Waals surface area contributed by atoms with Gasteiger partial charge in [0.2, 0.25) is 0 Å². The van der Waals surface area contributed by atoms with Gasteiger partial charge in [0.1, 0.15) is 12.4 Å². The second-order valence-electron chi connectivity index (χ2n) is 14.3. The Morgan fingerprint density at radius 1 is 0.473 bits per heavy atom. The Labute approximate surface area is 324 Å². The number of hydrogen-bond donors (Lipinski definition) is 0. The van der Waals surface area contributed by atoms with Crippen molar-refractivity contribution in [2.24, 2.45) is 0 Å². The van der Waals surface area contributed by atoms with Crippen LogP contribution in [0.15, 0.2) is 194 Å². The number of imidazole rings is 1. The number of aromatic nitrogens is 2. The number of para-hydroxylation sites is 2. The molecule has 3 heterocycles. The highest BCUT2D eigenvalue weighted by atomic mass is 32.1. The summed E-state index contributed by atoms with van der Waals surface area (Å²) < 4.78 is 11.3. The third-order valence-corrected chi connectivity index (χ3v) is 17.1. The number of nitrogens with zero attached hydrogens (tertiary/aromatic N) is 2. The monoisotopic (exact) mass is 738 g/mol. The van der Waals surface area contributed by atoms with Gasteiger partial charge in [0.15, 0.2) is 13.9 Å². The zero-order valence-corrected chi connectivity index (χ0v) is 31.7. The second-order valence-corrected chi connectivity index (χ2v) is 19.2. The summed E-state index contributed by atoms with van der Waals surface area (Å²) in [6.07, 6.45) is 0. The van der Waals surface area contributed by atoms with Gasteiger partial charge in [0.25, 0.3) is 0 Å². The van der Waals surface area contributed by atoms with E-state index in [0.717, 1.165) is 33.9 Å². The molecule has 2 aromatic heterocycles. The molecule has 0 N–H and O–H groups in total. The Kier molecular flexibility index (Phi) is 7.44. The average molecular weight is 739 g/mol. The van der Waals surface area contributed by atoms with E-state index in [2.05, 4.69) is 193 Å². The highest BCUT2D eigenvalue weighted by Gasteiger charge is 2.41. The molecule has 11 rings (SSSR count). The standard InChI is InChI=1S/C50H34N2OSSi/c1-3-15-38(16-4-1)55(39-17-5-2-6-18-39,40-19-11-13-34(29-40)36-26-28-49-43(31-36)42-21-7-10-24-48(42)54-49)41-20-12-14-35(30-41)37-25-27-46-47(32-37)53-33-50-51-44-22-8-9-23-45(44)52(46)50/h1-32H,33H2. The lowest BCUT2D eigenvalue weighted by Crippen LogP contribution is -2.74. The lowest BCUT2D eigenvalue weighted by Gasteiger charge is -2.35. The van der Waals surface area contributed by atoms with Crippen molar-refractivity contribution in [2.75, 3.05) is 0 Å². The maximum absolute atomic E-state index is 6.37. The first-order valence-corrected chi connectivity index (χ1v) is 21.5. The molecule has 5 heteroatoms. The molecular weight excluding hydrogens is 705 g/mol. The maximum atomic E-state index is 6.37. The van der Waals surface area contributed by atoms with E-state index in [9.17, 15) is 0 Å². The maximum Gasteiger partial charge on any atom is 0.179 e. The molecule has 8 aromatic carbocycles. The third-order valence-electron chi connectivity index (χ3n) is 11.2. The van der Waals surface area contributed by atoms with Crippen LogP contribution in [0.4, 0.5) is 0 Å². The van der Waals surface area contributed by atoms with E-state index in [1.807, 2.05) is 17.4 Å². The Bertz CT molecular complexity index is 3020. The van der Waals surface area contributed by atoms with Crippen LogP contribution < -0.4 is 25.5 Å². The minimum Gasteiger partial charge on any atom is -0.483 e. The molecule has 0 radical (unpaired) electrons. The minimum atomic E-state index is -2.85. The molecule has 0 unspecified atom stereocenters. The zero-order valence-electron chi connectivity index (χ0n) is 29.9. The van der Waals surface area contributed by atoms with Gasteiger partial charge in [-0.25, -0.2) is 4.98 Å². The van der Waals surface area contributed by atoms with E-state index in [1.54, 1.807) is 0 Å². The molecule has 0 atom stereocenters. The van der Waals surface area contributed by atoms with Gasteiger partial charge in [-0.1, -0.05) is 152 Å². The van der Waals surface area contributed by atoms with E-state index >= 15 is 0 Å². The molecule has 0 fully saturated rings. The summed E-state index contributed by atoms with van der Waals surface area (Å²) in [4.78, 5) is 4.85. The highest BCUT2D eigenvalue weighted by Crippen LogP contribution is 2.38. The first-order chi connectivity index (χ1) is 27.2. The quantitative estimate of drug-likeness (QED) is 0.126. The van der Waals surface area contributed by atoms with Crippen molar-refractivity contribution in [2.45, 2.75) is 6.61 Å². The van der Waals surface area contributed by atoms with E-state index in [4.69, 9.17) is 9.72 Å². The molecule has 0 saturated heterocycles. The van der Waals surface area contributed by atoms with Gasteiger partial charge in [-0.2, -0.15) is 0 Å². The van der Waals surface area contributed by atoms with Crippen LogP contribution in [0.2, 0.25) is 0 Å². The van der Waals surface area contributed by atoms with Crippen LogP contribution in [0.3, 0.4) is 0 Å². The van der Waals surface area contributed by atoms with Crippen molar-refractivity contribution in [1.29, 1.82) is 0 Å². The van der Waals surface area contributed by atoms with Gasteiger partial charge >= 0.3 is 0 Å². The Morgan fingerprint density at radius 3 is 1.80 bits per heavy atom. The summed E-state index contributed by atoms with van der Waals surface area (Å²) in [5.41, 5.74) is 7.87. The molecule has 0 saturated carbocycles. The van der Waals surface area contributed by atoms with E-state index < -0.39 is 8.07 Å². The van der Waals surface area contributed by atoms with Crippen LogP contribution in [0.1, 0.15) is 5.82 Å². The normalized spacial score (nSPS) is 12.4. The summed E-state index contributed by atoms with van der Waals surface area (Å²) in [6.45, 7) is 0.440. The first kappa shape index (κ1) is 31.9. The lowest BCUT2D eigenvalue weighted by atomic mass is 10.0. The van der Waals surface area contributed by atoms with Gasteiger partial charge in [0.05, 0.1) is 16.7 Å². The summed E-state index contributed by atoms with van der Waals surface area (Å²) in [6, 6.07) is 71.6. The second kappa shape index (κ2) is 12.8. The fourth-order valence-corrected chi connectivity index (χ4v) is 14.6. The largest absolute Gasteiger partial charge is 0.483 e. The van der Waals surface area contributed by atoms with Gasteiger partial charge < -0.3 is 4.74 Å². The van der Waals surface area contributed by atoms with E-state index in [0.29, 0.717) is 6.61 Å². The van der Waals surface area contributed by atoms with Gasteiger partial charge in [-0.3, -0.25) is 4.57 Å². The number of ether oxygens (including phenoxy) is 1. The van der Waals surface area contributed by atoms with Crippen molar-refractivity contribution in [3.05, 3.63) is 200 Å². The number of rotatable bonds is 6. The molecule has 0 aliphatic carbocycles. The fraction of sp³-hybridized carbons (Fsp3) is 0.0200. The predicted molar refractivity (Wildman–Crippen MR) is 233 cm³/mol. The molecular formula is C50H34N2OSSi. The molecule has 0 amide bonds. The molecule has 10 aromatic rings. The molecule has 0 spiro atoms. The smallest absolute Gasteiger partial charge is 0.179 e. The molecule has 1 aliphatic rings. The average Bonchev–Trinajstić information content (AvgIpc) is 3.83. The Balaban J connectivity index is 1.09. The van der Waals surface area contributed by atoms with Gasteiger partial charge in [0, 0.05) is 20.2 Å². The minimum absolute atomic E-state index is 0.440. The molecule has 1 aliphatic heterocycles. The van der Waals surface area contributed by atoms with Crippen molar-refractivity contribution in [1.82, 2.24) is 9.55 Å². The summed E-state index contributed by atoms with van der Waals surface area (Å²) in [5.74, 6) is 1.80. The van der Waals surface area contributed by atoms with Crippen LogP contribution >= 0.6 is 11.3 Å². The highest BCUT2D eigenvalue weighted by molar-refractivity contribution is 7.25. The van der Waals surface area contributed by atoms with E-state index in [-0.39, 0.29) is 0 Å². The molecule has 55 heavy (non-hydrogen) atoms. The van der Waals surface area contributed by atoms with Crippen LogP contribution in [0.5, 0.6) is 5.75 Å². The van der Waals surface area contributed by atoms with Crippen LogP contribution in [0.25, 0.3) is 59.1 Å². The zero-order chi connectivity index (χ0) is 36.3. The fourth-order valence-electron chi connectivity index (χ4n) is 8.72. The summed E-state index contributed by atoms with van der Waals surface area (Å²) >= 11 is 1.86.